The van der Waals surface area contributed by atoms with Crippen LogP contribution in [-0.4, -0.2) is 10.4 Å². The minimum Gasteiger partial charge on any atom is -0.363 e. The van der Waals surface area contributed by atoms with Gasteiger partial charge in [-0.1, -0.05) is 146 Å². The van der Waals surface area contributed by atoms with Crippen LogP contribution in [0.3, 0.4) is 0 Å². The van der Waals surface area contributed by atoms with E-state index in [0.29, 0.717) is 0 Å². The second-order valence-electron chi connectivity index (χ2n) is 14.4. The van der Waals surface area contributed by atoms with Crippen molar-refractivity contribution in [2.45, 2.75) is 18.5 Å². The maximum absolute atomic E-state index is 5.19. The predicted molar refractivity (Wildman–Crippen MR) is 234 cm³/mol. The lowest BCUT2D eigenvalue weighted by molar-refractivity contribution is 0.490. The van der Waals surface area contributed by atoms with E-state index in [1.807, 2.05) is 0 Å². The Morgan fingerprint density at radius 2 is 1.00 bits per heavy atom. The second-order valence-corrected chi connectivity index (χ2v) is 14.4. The normalized spacial score (nSPS) is 15.3. The first-order valence-corrected chi connectivity index (χ1v) is 19.4. The zero-order valence-electron chi connectivity index (χ0n) is 30.9. The fraction of sp³-hybridized carbons (Fsp3) is 0.0577. The summed E-state index contributed by atoms with van der Waals surface area (Å²) < 4.78 is 2.40. The highest BCUT2D eigenvalue weighted by Crippen LogP contribution is 2.39. The molecule has 268 valence electrons. The van der Waals surface area contributed by atoms with Crippen molar-refractivity contribution in [3.63, 3.8) is 0 Å². The molecule has 0 saturated heterocycles. The third kappa shape index (κ3) is 6.31. The quantitative estimate of drug-likeness (QED) is 0.169. The maximum atomic E-state index is 5.19. The van der Waals surface area contributed by atoms with Crippen LogP contribution >= 0.6 is 0 Å². The Morgan fingerprint density at radius 3 is 1.68 bits per heavy atom. The Morgan fingerprint density at radius 1 is 0.446 bits per heavy atom. The Kier molecular flexibility index (Phi) is 8.69. The number of aromatic nitrogens is 1. The molecule has 56 heavy (non-hydrogen) atoms. The number of amidine groups is 1. The molecule has 2 atom stereocenters. The van der Waals surface area contributed by atoms with Crippen molar-refractivity contribution in [1.82, 2.24) is 9.88 Å². The summed E-state index contributed by atoms with van der Waals surface area (Å²) in [6.07, 6.45) is 0.884. The van der Waals surface area contributed by atoms with Crippen LogP contribution in [0.2, 0.25) is 0 Å². The van der Waals surface area contributed by atoms with E-state index in [4.69, 9.17) is 4.99 Å². The summed E-state index contributed by atoms with van der Waals surface area (Å²) >= 11 is 0. The van der Waals surface area contributed by atoms with Crippen LogP contribution in [0.25, 0.3) is 38.6 Å². The SMILES string of the molecule is c1ccc(C2=NC(c3ccccc3)CC(c3ccc(-n4c5ccccc5c5cc(-c6ccc(N(c7ccccc7)c7ccccc7)cc6)ccc54)cc3)N2)cc1. The average molecular weight is 721 g/mol. The minimum absolute atomic E-state index is 0.0757. The van der Waals surface area contributed by atoms with Gasteiger partial charge in [0, 0.05) is 39.1 Å². The number of benzene rings is 8. The van der Waals surface area contributed by atoms with Crippen molar-refractivity contribution in [3.8, 4) is 16.8 Å². The first-order valence-electron chi connectivity index (χ1n) is 19.4. The van der Waals surface area contributed by atoms with Gasteiger partial charge < -0.3 is 14.8 Å². The van der Waals surface area contributed by atoms with E-state index >= 15 is 0 Å². The van der Waals surface area contributed by atoms with Gasteiger partial charge in [0.25, 0.3) is 0 Å². The highest BCUT2D eigenvalue weighted by Gasteiger charge is 2.26. The van der Waals surface area contributed by atoms with E-state index in [9.17, 15) is 0 Å². The van der Waals surface area contributed by atoms with Crippen molar-refractivity contribution in [1.29, 1.82) is 0 Å². The number of nitrogens with one attached hydrogen (secondary N) is 1. The van der Waals surface area contributed by atoms with E-state index < -0.39 is 0 Å². The largest absolute Gasteiger partial charge is 0.363 e. The van der Waals surface area contributed by atoms with Crippen molar-refractivity contribution in [2.75, 3.05) is 4.90 Å². The van der Waals surface area contributed by atoms with Crippen LogP contribution in [0, 0.1) is 0 Å². The molecule has 0 aliphatic carbocycles. The summed E-state index contributed by atoms with van der Waals surface area (Å²) in [4.78, 5) is 7.49. The third-order valence-electron chi connectivity index (χ3n) is 11.0. The van der Waals surface area contributed by atoms with E-state index in [0.717, 1.165) is 40.6 Å². The highest BCUT2D eigenvalue weighted by atomic mass is 15.1. The molecule has 0 amide bonds. The molecule has 8 aromatic carbocycles. The third-order valence-corrected chi connectivity index (χ3v) is 11.0. The first-order chi connectivity index (χ1) is 27.8. The first kappa shape index (κ1) is 33.4. The Hall–Kier alpha value is -7.17. The van der Waals surface area contributed by atoms with Crippen molar-refractivity contribution in [2.24, 2.45) is 4.99 Å². The molecule has 4 heteroatoms. The molecule has 0 spiro atoms. The smallest absolute Gasteiger partial charge is 0.129 e. The molecule has 0 bridgehead atoms. The van der Waals surface area contributed by atoms with Crippen LogP contribution < -0.4 is 10.2 Å². The molecule has 0 saturated carbocycles. The van der Waals surface area contributed by atoms with Gasteiger partial charge in [0.05, 0.1) is 23.1 Å². The van der Waals surface area contributed by atoms with Gasteiger partial charge in [-0.25, -0.2) is 0 Å². The summed E-state index contributed by atoms with van der Waals surface area (Å²) in [6.45, 7) is 0. The number of fused-ring (bicyclic) bond motifs is 3. The number of aliphatic imine (C=N–C) groups is 1. The minimum atomic E-state index is 0.0757. The Bertz CT molecular complexity index is 2740. The average Bonchev–Trinajstić information content (AvgIpc) is 3.62. The molecule has 2 unspecified atom stereocenters. The molecule has 10 rings (SSSR count). The topological polar surface area (TPSA) is 32.6 Å². The number of anilines is 3. The predicted octanol–water partition coefficient (Wildman–Crippen LogP) is 13.1. The number of nitrogens with zero attached hydrogens (tertiary/aromatic N) is 3. The molecule has 0 fully saturated rings. The lowest BCUT2D eigenvalue weighted by Gasteiger charge is -2.31. The number of hydrogen-bond acceptors (Lipinski definition) is 3. The van der Waals surface area contributed by atoms with Gasteiger partial charge in [0.15, 0.2) is 0 Å². The van der Waals surface area contributed by atoms with Crippen LogP contribution in [0.5, 0.6) is 0 Å². The lowest BCUT2D eigenvalue weighted by Crippen LogP contribution is -2.34. The summed E-state index contributed by atoms with van der Waals surface area (Å²) in [6, 6.07) is 76.1. The van der Waals surface area contributed by atoms with Crippen LogP contribution in [0.4, 0.5) is 17.1 Å². The zero-order valence-corrected chi connectivity index (χ0v) is 30.9. The van der Waals surface area contributed by atoms with Crippen molar-refractivity contribution < 1.29 is 0 Å². The lowest BCUT2D eigenvalue weighted by atomic mass is 9.92. The van der Waals surface area contributed by atoms with Gasteiger partial charge in [-0.2, -0.15) is 0 Å². The maximum Gasteiger partial charge on any atom is 0.129 e. The van der Waals surface area contributed by atoms with E-state index in [1.54, 1.807) is 0 Å². The molecule has 2 heterocycles. The zero-order chi connectivity index (χ0) is 37.3. The molecule has 1 aromatic heterocycles. The molecule has 1 aliphatic heterocycles. The summed E-state index contributed by atoms with van der Waals surface area (Å²) in [5, 5.41) is 6.27. The molecular formula is C52H40N4. The molecule has 1 aliphatic rings. The van der Waals surface area contributed by atoms with Crippen molar-refractivity contribution >= 4 is 44.7 Å². The van der Waals surface area contributed by atoms with Gasteiger partial charge in [-0.05, 0) is 95.4 Å². The van der Waals surface area contributed by atoms with Crippen molar-refractivity contribution in [3.05, 3.63) is 229 Å². The van der Waals surface area contributed by atoms with Gasteiger partial charge in [-0.3, -0.25) is 4.99 Å². The molecule has 9 aromatic rings. The van der Waals surface area contributed by atoms with Gasteiger partial charge in [0.2, 0.25) is 0 Å². The number of rotatable bonds is 8. The molecule has 1 N–H and O–H groups in total. The van der Waals surface area contributed by atoms with Gasteiger partial charge in [-0.15, -0.1) is 0 Å². The summed E-state index contributed by atoms with van der Waals surface area (Å²) in [7, 11) is 0. The number of hydrogen-bond donors (Lipinski definition) is 1. The molecule has 4 nitrogen and oxygen atoms in total. The number of para-hydroxylation sites is 3. The fourth-order valence-corrected chi connectivity index (χ4v) is 8.24. The Labute approximate surface area is 327 Å². The van der Waals surface area contributed by atoms with E-state index in [2.05, 4.69) is 227 Å². The van der Waals surface area contributed by atoms with Crippen LogP contribution in [0.15, 0.2) is 217 Å². The van der Waals surface area contributed by atoms with Crippen LogP contribution in [-0.2, 0) is 0 Å². The van der Waals surface area contributed by atoms with Gasteiger partial charge >= 0.3 is 0 Å². The fourth-order valence-electron chi connectivity index (χ4n) is 8.24. The standard InChI is InChI=1S/C52H40N4/c1-5-15-38(16-6-1)48-36-49(54-52(53-48)40-17-7-2-8-18-40)39-27-32-45(33-28-39)56-50-24-14-13-23-46(50)47-35-41(29-34-51(47)56)37-25-30-44(31-26-37)55(42-19-9-3-10-20-42)43-21-11-4-12-22-43/h1-35,48-49H,36H2,(H,53,54). The monoisotopic (exact) mass is 720 g/mol. The highest BCUT2D eigenvalue weighted by molar-refractivity contribution is 6.10. The van der Waals surface area contributed by atoms with E-state index in [1.165, 1.54) is 44.1 Å². The Balaban J connectivity index is 0.975. The molecule has 0 radical (unpaired) electrons. The second kappa shape index (κ2) is 14.6. The summed E-state index contributed by atoms with van der Waals surface area (Å²) in [5.74, 6) is 0.942. The molecular weight excluding hydrogens is 681 g/mol. The van der Waals surface area contributed by atoms with E-state index in [-0.39, 0.29) is 12.1 Å². The van der Waals surface area contributed by atoms with Crippen LogP contribution in [0.1, 0.15) is 35.2 Å². The van der Waals surface area contributed by atoms with Gasteiger partial charge in [0.1, 0.15) is 5.84 Å². The summed E-state index contributed by atoms with van der Waals surface area (Å²) in [5.41, 5.74) is 12.9.